The molecule has 0 aliphatic heterocycles. The third kappa shape index (κ3) is 4.35. The molecule has 0 heterocycles. The van der Waals surface area contributed by atoms with Gasteiger partial charge >= 0.3 is 0 Å². The number of ether oxygens (including phenoxy) is 1. The van der Waals surface area contributed by atoms with Gasteiger partial charge in [-0.25, -0.2) is 0 Å². The summed E-state index contributed by atoms with van der Waals surface area (Å²) in [6, 6.07) is 5.68. The minimum absolute atomic E-state index is 0.0498. The number of carbonyl (C=O) groups excluding carboxylic acids is 1. The highest BCUT2D eigenvalue weighted by Crippen LogP contribution is 2.23. The summed E-state index contributed by atoms with van der Waals surface area (Å²) in [5.74, 6) is 1.69. The molecule has 4 heteroatoms. The maximum Gasteiger partial charge on any atom is 0.150 e. The lowest BCUT2D eigenvalue weighted by Gasteiger charge is -2.13. The van der Waals surface area contributed by atoms with Gasteiger partial charge in [0, 0.05) is 17.4 Å². The quantitative estimate of drug-likeness (QED) is 0.590. The average Bonchev–Trinajstić information content (AvgIpc) is 2.37. The fourth-order valence-corrected chi connectivity index (χ4v) is 1.87. The van der Waals surface area contributed by atoms with Gasteiger partial charge in [0.05, 0.1) is 6.61 Å². The maximum atomic E-state index is 11.0. The fraction of sp³-hybridized carbons (Fsp3) is 0.500. The molecule has 0 aliphatic rings. The van der Waals surface area contributed by atoms with E-state index in [9.17, 15) is 4.79 Å². The van der Waals surface area contributed by atoms with E-state index in [4.69, 9.17) is 10.5 Å². The molecule has 3 nitrogen and oxygen atoms in total. The van der Waals surface area contributed by atoms with Crippen LogP contribution in [0.25, 0.3) is 0 Å². The molecule has 0 radical (unpaired) electrons. The molecule has 0 saturated heterocycles. The Bertz CT molecular complexity index is 393. The molecule has 1 aromatic carbocycles. The first-order valence-corrected chi connectivity index (χ1v) is 6.80. The van der Waals surface area contributed by atoms with Gasteiger partial charge in [-0.15, -0.1) is 0 Å². The van der Waals surface area contributed by atoms with Gasteiger partial charge in [0.1, 0.15) is 12.0 Å². The van der Waals surface area contributed by atoms with E-state index in [-0.39, 0.29) is 6.04 Å². The summed E-state index contributed by atoms with van der Waals surface area (Å²) >= 11 is 4.12. The van der Waals surface area contributed by atoms with Crippen LogP contribution in [0.15, 0.2) is 18.2 Å². The van der Waals surface area contributed by atoms with Crippen molar-refractivity contribution in [1.82, 2.24) is 0 Å². The van der Waals surface area contributed by atoms with Crippen LogP contribution in [-0.2, 0) is 0 Å². The van der Waals surface area contributed by atoms with Crippen molar-refractivity contribution in [2.24, 2.45) is 5.73 Å². The van der Waals surface area contributed by atoms with E-state index in [1.54, 1.807) is 6.07 Å². The van der Waals surface area contributed by atoms with Crippen LogP contribution in [0.5, 0.6) is 5.75 Å². The normalized spacial score (nSPS) is 12.5. The maximum absolute atomic E-state index is 11.0. The summed E-state index contributed by atoms with van der Waals surface area (Å²) in [4.78, 5) is 11.0. The molecule has 1 atom stereocenters. The van der Waals surface area contributed by atoms with Gasteiger partial charge in [-0.05, 0) is 30.0 Å². The Morgan fingerprint density at radius 2 is 2.17 bits per heavy atom. The van der Waals surface area contributed by atoms with E-state index >= 15 is 0 Å². The van der Waals surface area contributed by atoms with Gasteiger partial charge in [-0.3, -0.25) is 4.79 Å². The fourth-order valence-electron chi connectivity index (χ4n) is 1.69. The Kier molecular flexibility index (Phi) is 6.22. The van der Waals surface area contributed by atoms with Crippen molar-refractivity contribution < 1.29 is 9.53 Å². The van der Waals surface area contributed by atoms with E-state index in [1.165, 1.54) is 0 Å². The van der Waals surface area contributed by atoms with Crippen LogP contribution >= 0.6 is 12.6 Å². The van der Waals surface area contributed by atoms with Crippen LogP contribution in [0.1, 0.15) is 42.1 Å². The lowest BCUT2D eigenvalue weighted by atomic mass is 9.98. The van der Waals surface area contributed by atoms with Gasteiger partial charge < -0.3 is 10.5 Å². The highest BCUT2D eigenvalue weighted by atomic mass is 32.1. The zero-order chi connectivity index (χ0) is 13.5. The summed E-state index contributed by atoms with van der Waals surface area (Å²) in [5.41, 5.74) is 7.49. The first-order valence-electron chi connectivity index (χ1n) is 6.16. The van der Waals surface area contributed by atoms with Crippen LogP contribution in [0.3, 0.4) is 0 Å². The minimum Gasteiger partial charge on any atom is -0.494 e. The standard InChI is InChI=1S/C14H21NO2S/c1-10(2)14-4-3-13(7-11(14)8-16)17-6-5-12(15)9-18/h3-4,7-8,10,12,18H,5-6,9,15H2,1-2H3. The molecule has 1 aromatic rings. The van der Waals surface area contributed by atoms with E-state index < -0.39 is 0 Å². The number of hydrogen-bond acceptors (Lipinski definition) is 4. The predicted octanol–water partition coefficient (Wildman–Crippen LogP) is 2.65. The second-order valence-corrected chi connectivity index (χ2v) is 5.01. The van der Waals surface area contributed by atoms with Crippen LogP contribution in [-0.4, -0.2) is 24.7 Å². The molecule has 100 valence electrons. The van der Waals surface area contributed by atoms with E-state index in [0.717, 1.165) is 18.3 Å². The smallest absolute Gasteiger partial charge is 0.150 e. The first-order chi connectivity index (χ1) is 8.58. The van der Waals surface area contributed by atoms with Gasteiger partial charge in [-0.2, -0.15) is 12.6 Å². The highest BCUT2D eigenvalue weighted by molar-refractivity contribution is 7.80. The molecule has 0 bridgehead atoms. The number of aldehydes is 1. The van der Waals surface area contributed by atoms with Crippen LogP contribution in [0.4, 0.5) is 0 Å². The van der Waals surface area contributed by atoms with Crippen LogP contribution in [0, 0.1) is 0 Å². The van der Waals surface area contributed by atoms with Gasteiger partial charge in [0.2, 0.25) is 0 Å². The number of rotatable bonds is 7. The molecule has 1 rings (SSSR count). The predicted molar refractivity (Wildman–Crippen MR) is 77.9 cm³/mol. The number of nitrogens with two attached hydrogens (primary N) is 1. The SMILES string of the molecule is CC(C)c1ccc(OCCC(N)CS)cc1C=O. The van der Waals surface area contributed by atoms with Gasteiger partial charge in [-0.1, -0.05) is 19.9 Å². The van der Waals surface area contributed by atoms with Crippen molar-refractivity contribution in [2.45, 2.75) is 32.2 Å². The Labute approximate surface area is 114 Å². The zero-order valence-electron chi connectivity index (χ0n) is 10.9. The summed E-state index contributed by atoms with van der Waals surface area (Å²) < 4.78 is 5.58. The van der Waals surface area contributed by atoms with Crippen molar-refractivity contribution in [2.75, 3.05) is 12.4 Å². The molecule has 0 amide bonds. The molecular formula is C14H21NO2S. The number of hydrogen-bond donors (Lipinski definition) is 2. The molecular weight excluding hydrogens is 246 g/mol. The third-order valence-electron chi connectivity index (χ3n) is 2.80. The molecule has 2 N–H and O–H groups in total. The molecule has 0 saturated carbocycles. The number of carbonyl (C=O) groups is 1. The summed E-state index contributed by atoms with van der Waals surface area (Å²) in [6.45, 7) is 4.67. The number of benzene rings is 1. The molecule has 0 aromatic heterocycles. The molecule has 1 unspecified atom stereocenters. The van der Waals surface area contributed by atoms with Gasteiger partial charge in [0.15, 0.2) is 0 Å². The van der Waals surface area contributed by atoms with Gasteiger partial charge in [0.25, 0.3) is 0 Å². The van der Waals surface area contributed by atoms with Crippen molar-refractivity contribution >= 4 is 18.9 Å². The summed E-state index contributed by atoms with van der Waals surface area (Å²) in [6.07, 6.45) is 1.63. The Balaban J connectivity index is 2.65. The van der Waals surface area contributed by atoms with E-state index in [1.807, 2.05) is 12.1 Å². The first kappa shape index (κ1) is 15.1. The molecule has 0 fully saturated rings. The third-order valence-corrected chi connectivity index (χ3v) is 3.27. The van der Waals surface area contributed by atoms with Crippen LogP contribution in [0.2, 0.25) is 0 Å². The van der Waals surface area contributed by atoms with Crippen molar-refractivity contribution in [3.05, 3.63) is 29.3 Å². The zero-order valence-corrected chi connectivity index (χ0v) is 11.8. The lowest BCUT2D eigenvalue weighted by molar-refractivity contribution is 0.112. The lowest BCUT2D eigenvalue weighted by Crippen LogP contribution is -2.24. The van der Waals surface area contributed by atoms with Crippen molar-refractivity contribution in [1.29, 1.82) is 0 Å². The van der Waals surface area contributed by atoms with Crippen molar-refractivity contribution in [3.63, 3.8) is 0 Å². The molecule has 18 heavy (non-hydrogen) atoms. The number of thiol groups is 1. The summed E-state index contributed by atoms with van der Waals surface area (Å²) in [7, 11) is 0. The van der Waals surface area contributed by atoms with E-state index in [0.29, 0.717) is 29.6 Å². The Morgan fingerprint density at radius 3 is 2.72 bits per heavy atom. The molecule has 0 spiro atoms. The minimum atomic E-state index is 0.0498. The Hall–Kier alpha value is -1.00. The second-order valence-electron chi connectivity index (χ2n) is 4.64. The topological polar surface area (TPSA) is 52.3 Å². The summed E-state index contributed by atoms with van der Waals surface area (Å²) in [5, 5.41) is 0. The second kappa shape index (κ2) is 7.44. The Morgan fingerprint density at radius 1 is 1.44 bits per heavy atom. The van der Waals surface area contributed by atoms with E-state index in [2.05, 4.69) is 26.5 Å². The van der Waals surface area contributed by atoms with Crippen molar-refractivity contribution in [3.8, 4) is 5.75 Å². The average molecular weight is 267 g/mol. The molecule has 0 aliphatic carbocycles. The largest absolute Gasteiger partial charge is 0.494 e. The van der Waals surface area contributed by atoms with Crippen LogP contribution < -0.4 is 10.5 Å². The monoisotopic (exact) mass is 267 g/mol. The highest BCUT2D eigenvalue weighted by Gasteiger charge is 2.08.